The highest BCUT2D eigenvalue weighted by atomic mass is 16.2. The Morgan fingerprint density at radius 3 is 2.94 bits per heavy atom. The van der Waals surface area contributed by atoms with Crippen LogP contribution in [0.4, 0.5) is 0 Å². The number of aryl methyl sites for hydroxylation is 1. The van der Waals surface area contributed by atoms with E-state index in [0.717, 1.165) is 25.8 Å². The zero-order chi connectivity index (χ0) is 11.5. The molecule has 16 heavy (non-hydrogen) atoms. The largest absolute Gasteiger partial charge is 0.346 e. The van der Waals surface area contributed by atoms with Gasteiger partial charge in [0, 0.05) is 13.6 Å². The molecule has 1 aromatic rings. The maximum Gasteiger partial charge on any atom is 0.229 e. The molecule has 1 aromatic carbocycles. The minimum Gasteiger partial charge on any atom is -0.346 e. The summed E-state index contributed by atoms with van der Waals surface area (Å²) in [6, 6.07) is 8.37. The Balaban J connectivity index is 2.28. The standard InChI is InChI=1S/C14H19NO/c1-3-15(2)14(16)13-10-6-8-11-7-4-5-9-12(11)13/h4-5,7,9,13H,3,6,8,10H2,1-2H3. The summed E-state index contributed by atoms with van der Waals surface area (Å²) in [5.41, 5.74) is 2.61. The van der Waals surface area contributed by atoms with Crippen molar-refractivity contribution < 1.29 is 4.79 Å². The first-order chi connectivity index (χ1) is 7.74. The molecule has 0 radical (unpaired) electrons. The Hall–Kier alpha value is -1.31. The number of fused-ring (bicyclic) bond motifs is 1. The summed E-state index contributed by atoms with van der Waals surface area (Å²) >= 11 is 0. The first-order valence-corrected chi connectivity index (χ1v) is 6.06. The topological polar surface area (TPSA) is 20.3 Å². The van der Waals surface area contributed by atoms with Gasteiger partial charge in [-0.05, 0) is 37.3 Å². The van der Waals surface area contributed by atoms with Crippen LogP contribution < -0.4 is 0 Å². The summed E-state index contributed by atoms with van der Waals surface area (Å²) < 4.78 is 0. The fraction of sp³-hybridized carbons (Fsp3) is 0.500. The van der Waals surface area contributed by atoms with Crippen molar-refractivity contribution in [2.24, 2.45) is 0 Å². The molecular weight excluding hydrogens is 198 g/mol. The number of hydrogen-bond donors (Lipinski definition) is 0. The van der Waals surface area contributed by atoms with Crippen LogP contribution in [0.25, 0.3) is 0 Å². The highest BCUT2D eigenvalue weighted by molar-refractivity contribution is 5.84. The van der Waals surface area contributed by atoms with Gasteiger partial charge < -0.3 is 4.90 Å². The van der Waals surface area contributed by atoms with Crippen molar-refractivity contribution in [3.8, 4) is 0 Å². The third kappa shape index (κ3) is 1.97. The van der Waals surface area contributed by atoms with E-state index in [-0.39, 0.29) is 11.8 Å². The van der Waals surface area contributed by atoms with Gasteiger partial charge in [-0.1, -0.05) is 24.3 Å². The monoisotopic (exact) mass is 217 g/mol. The van der Waals surface area contributed by atoms with Crippen molar-refractivity contribution >= 4 is 5.91 Å². The van der Waals surface area contributed by atoms with Gasteiger partial charge in [-0.25, -0.2) is 0 Å². The number of carbonyl (C=O) groups is 1. The SMILES string of the molecule is CCN(C)C(=O)C1CCCc2ccccc21. The third-order valence-corrected chi connectivity index (χ3v) is 3.52. The molecule has 0 bridgehead atoms. The summed E-state index contributed by atoms with van der Waals surface area (Å²) in [4.78, 5) is 14.0. The Bertz CT molecular complexity index is 386. The Morgan fingerprint density at radius 1 is 1.44 bits per heavy atom. The molecule has 0 saturated carbocycles. The molecule has 1 amide bonds. The van der Waals surface area contributed by atoms with Crippen molar-refractivity contribution in [2.75, 3.05) is 13.6 Å². The average Bonchev–Trinajstić information content (AvgIpc) is 2.36. The fourth-order valence-corrected chi connectivity index (χ4v) is 2.43. The van der Waals surface area contributed by atoms with E-state index in [4.69, 9.17) is 0 Å². The van der Waals surface area contributed by atoms with Gasteiger partial charge in [0.25, 0.3) is 0 Å². The molecule has 2 rings (SSSR count). The molecule has 1 unspecified atom stereocenters. The lowest BCUT2D eigenvalue weighted by molar-refractivity contribution is -0.131. The highest BCUT2D eigenvalue weighted by Crippen LogP contribution is 2.32. The predicted octanol–water partition coefficient (Wildman–Crippen LogP) is 2.58. The molecule has 1 aliphatic rings. The van der Waals surface area contributed by atoms with Gasteiger partial charge in [0.2, 0.25) is 5.91 Å². The summed E-state index contributed by atoms with van der Waals surface area (Å²) in [5, 5.41) is 0. The second kappa shape index (κ2) is 4.69. The number of amides is 1. The quantitative estimate of drug-likeness (QED) is 0.745. The molecule has 0 aromatic heterocycles. The third-order valence-electron chi connectivity index (χ3n) is 3.52. The zero-order valence-corrected chi connectivity index (χ0v) is 10.1. The van der Waals surface area contributed by atoms with Crippen LogP contribution in [-0.4, -0.2) is 24.4 Å². The van der Waals surface area contributed by atoms with Gasteiger partial charge in [0.15, 0.2) is 0 Å². The number of likely N-dealkylation sites (N-methyl/N-ethyl adjacent to an activating group) is 1. The molecule has 86 valence electrons. The number of carbonyl (C=O) groups excluding carboxylic acids is 1. The first kappa shape index (κ1) is 11.2. The molecule has 0 saturated heterocycles. The smallest absolute Gasteiger partial charge is 0.229 e. The summed E-state index contributed by atoms with van der Waals surface area (Å²) in [6.45, 7) is 2.81. The van der Waals surface area contributed by atoms with Crippen molar-refractivity contribution in [2.45, 2.75) is 32.1 Å². The minimum absolute atomic E-state index is 0.0925. The van der Waals surface area contributed by atoms with E-state index in [0.29, 0.717) is 0 Å². The summed E-state index contributed by atoms with van der Waals surface area (Å²) in [6.07, 6.45) is 3.25. The lowest BCUT2D eigenvalue weighted by atomic mass is 9.82. The van der Waals surface area contributed by atoms with Crippen molar-refractivity contribution in [1.29, 1.82) is 0 Å². The number of hydrogen-bond acceptors (Lipinski definition) is 1. The fourth-order valence-electron chi connectivity index (χ4n) is 2.43. The molecule has 1 aliphatic carbocycles. The van der Waals surface area contributed by atoms with E-state index >= 15 is 0 Å². The number of rotatable bonds is 2. The predicted molar refractivity (Wildman–Crippen MR) is 65.4 cm³/mol. The van der Waals surface area contributed by atoms with Crippen molar-refractivity contribution in [3.05, 3.63) is 35.4 Å². The summed E-state index contributed by atoms with van der Waals surface area (Å²) in [7, 11) is 1.89. The Labute approximate surface area is 97.3 Å². The lowest BCUT2D eigenvalue weighted by Crippen LogP contribution is -2.33. The Kier molecular flexibility index (Phi) is 3.28. The van der Waals surface area contributed by atoms with Crippen LogP contribution in [0.2, 0.25) is 0 Å². The van der Waals surface area contributed by atoms with Crippen LogP contribution in [0, 0.1) is 0 Å². The van der Waals surface area contributed by atoms with Crippen LogP contribution >= 0.6 is 0 Å². The van der Waals surface area contributed by atoms with Crippen LogP contribution in [0.5, 0.6) is 0 Å². The van der Waals surface area contributed by atoms with E-state index in [1.54, 1.807) is 0 Å². The zero-order valence-electron chi connectivity index (χ0n) is 10.1. The van der Waals surface area contributed by atoms with Crippen LogP contribution in [0.1, 0.15) is 36.8 Å². The van der Waals surface area contributed by atoms with Gasteiger partial charge in [-0.15, -0.1) is 0 Å². The second-order valence-corrected chi connectivity index (χ2v) is 4.50. The molecule has 0 spiro atoms. The second-order valence-electron chi connectivity index (χ2n) is 4.50. The van der Waals surface area contributed by atoms with Crippen molar-refractivity contribution in [3.63, 3.8) is 0 Å². The van der Waals surface area contributed by atoms with Gasteiger partial charge in [0.05, 0.1) is 5.92 Å². The molecule has 2 nitrogen and oxygen atoms in total. The van der Waals surface area contributed by atoms with Crippen LogP contribution in [0.15, 0.2) is 24.3 Å². The van der Waals surface area contributed by atoms with Crippen LogP contribution in [-0.2, 0) is 11.2 Å². The molecule has 2 heteroatoms. The van der Waals surface area contributed by atoms with Gasteiger partial charge in [-0.3, -0.25) is 4.79 Å². The van der Waals surface area contributed by atoms with E-state index in [9.17, 15) is 4.79 Å². The minimum atomic E-state index is 0.0925. The first-order valence-electron chi connectivity index (χ1n) is 6.06. The number of benzene rings is 1. The van der Waals surface area contributed by atoms with E-state index in [2.05, 4.69) is 18.2 Å². The van der Waals surface area contributed by atoms with Crippen molar-refractivity contribution in [1.82, 2.24) is 4.90 Å². The highest BCUT2D eigenvalue weighted by Gasteiger charge is 2.27. The number of nitrogens with zero attached hydrogens (tertiary/aromatic N) is 1. The molecule has 0 fully saturated rings. The lowest BCUT2D eigenvalue weighted by Gasteiger charge is -2.28. The molecule has 1 atom stereocenters. The van der Waals surface area contributed by atoms with Gasteiger partial charge in [0.1, 0.15) is 0 Å². The normalized spacial score (nSPS) is 19.0. The molecule has 0 aliphatic heterocycles. The maximum atomic E-state index is 12.2. The summed E-state index contributed by atoms with van der Waals surface area (Å²) in [5.74, 6) is 0.365. The van der Waals surface area contributed by atoms with Crippen LogP contribution in [0.3, 0.4) is 0 Å². The molecule has 0 heterocycles. The molecule has 0 N–H and O–H groups in total. The Morgan fingerprint density at radius 2 is 2.19 bits per heavy atom. The van der Waals surface area contributed by atoms with Gasteiger partial charge in [-0.2, -0.15) is 0 Å². The van der Waals surface area contributed by atoms with Gasteiger partial charge >= 0.3 is 0 Å². The average molecular weight is 217 g/mol. The van der Waals surface area contributed by atoms with E-state index in [1.165, 1.54) is 11.1 Å². The maximum absolute atomic E-state index is 12.2. The van der Waals surface area contributed by atoms with E-state index < -0.39 is 0 Å². The molecular formula is C14H19NO. The van der Waals surface area contributed by atoms with E-state index in [1.807, 2.05) is 24.9 Å².